The fourth-order valence-electron chi connectivity index (χ4n) is 6.62. The molecule has 2 heteroatoms. The van der Waals surface area contributed by atoms with Crippen LogP contribution in [0.2, 0.25) is 0 Å². The first-order valence-corrected chi connectivity index (χ1v) is 20.0. The van der Waals surface area contributed by atoms with Gasteiger partial charge in [-0.05, 0) is 129 Å². The normalized spacial score (nSPS) is 12.4. The average molecular weight is 797 g/mol. The fourth-order valence-corrected chi connectivity index (χ4v) is 7.34. The van der Waals surface area contributed by atoms with Crippen LogP contribution in [0.5, 0.6) is 0 Å². The lowest BCUT2D eigenvalue weighted by Crippen LogP contribution is -2.13. The van der Waals surface area contributed by atoms with E-state index in [0.717, 1.165) is 0 Å². The van der Waals surface area contributed by atoms with Gasteiger partial charge in [0.15, 0.2) is 0 Å². The van der Waals surface area contributed by atoms with E-state index in [-0.39, 0.29) is 0 Å². The summed E-state index contributed by atoms with van der Waals surface area (Å²) in [6.07, 6.45) is 27.0. The summed E-state index contributed by atoms with van der Waals surface area (Å²) in [4.78, 5) is 0. The number of rotatable bonds is 24. The second-order valence-electron chi connectivity index (χ2n) is 12.6. The van der Waals surface area contributed by atoms with Crippen molar-refractivity contribution in [3.05, 3.63) is 66.8 Å². The Morgan fingerprint density at radius 1 is 0.405 bits per heavy atom. The summed E-state index contributed by atoms with van der Waals surface area (Å²) in [5, 5.41) is 0. The van der Waals surface area contributed by atoms with Gasteiger partial charge in [0, 0.05) is 7.14 Å². The van der Waals surface area contributed by atoms with Crippen molar-refractivity contribution < 1.29 is 0 Å². The molecule has 0 fully saturated rings. The Labute approximate surface area is 289 Å². The van der Waals surface area contributed by atoms with Crippen LogP contribution in [-0.4, -0.2) is 0 Å². The topological polar surface area (TPSA) is 0 Å². The highest BCUT2D eigenvalue weighted by Crippen LogP contribution is 2.44. The molecule has 0 N–H and O–H groups in total. The molecule has 2 rings (SSSR count). The van der Waals surface area contributed by atoms with E-state index in [9.17, 15) is 0 Å². The van der Waals surface area contributed by atoms with E-state index in [2.05, 4.69) is 121 Å². The molecule has 0 heterocycles. The molecule has 0 aliphatic rings. The van der Waals surface area contributed by atoms with Crippen LogP contribution in [0.1, 0.15) is 167 Å². The van der Waals surface area contributed by atoms with Gasteiger partial charge in [-0.15, -0.1) is 0 Å². The lowest BCUT2D eigenvalue weighted by molar-refractivity contribution is 0.469. The third-order valence-corrected chi connectivity index (χ3v) is 10.5. The van der Waals surface area contributed by atoms with Crippen molar-refractivity contribution >= 4 is 56.3 Å². The number of unbranched alkanes of at least 4 members (excludes halogenated alkanes) is 12. The molecule has 0 saturated carbocycles. The molecule has 2 aromatic rings. The first-order valence-electron chi connectivity index (χ1n) is 17.8. The maximum atomic E-state index is 2.48. The van der Waals surface area contributed by atoms with Gasteiger partial charge >= 0.3 is 0 Å². The predicted molar refractivity (Wildman–Crippen MR) is 207 cm³/mol. The number of hydrogen-bond donors (Lipinski definition) is 0. The van der Waals surface area contributed by atoms with E-state index in [1.54, 1.807) is 11.1 Å². The minimum absolute atomic E-state index is 0.641. The van der Waals surface area contributed by atoms with E-state index in [1.807, 2.05) is 0 Å². The highest BCUT2D eigenvalue weighted by atomic mass is 127. The van der Waals surface area contributed by atoms with Gasteiger partial charge in [-0.25, -0.2) is 0 Å². The molecule has 0 aromatic heterocycles. The fraction of sp³-hybridized carbons (Fsp3) is 0.650. The van der Waals surface area contributed by atoms with E-state index in [1.165, 1.54) is 147 Å². The predicted octanol–water partition coefficient (Wildman–Crippen LogP) is 14.9. The number of benzene rings is 2. The summed E-state index contributed by atoms with van der Waals surface area (Å²) in [5.74, 6) is 1.28. The molecule has 42 heavy (non-hydrogen) atoms. The minimum atomic E-state index is 0.641. The van der Waals surface area contributed by atoms with Crippen molar-refractivity contribution in [1.82, 2.24) is 0 Å². The van der Waals surface area contributed by atoms with Crippen LogP contribution in [0.25, 0.3) is 11.1 Å². The van der Waals surface area contributed by atoms with Crippen molar-refractivity contribution in [3.63, 3.8) is 0 Å². The Morgan fingerprint density at radius 3 is 0.905 bits per heavy atom. The Morgan fingerprint density at radius 2 is 0.667 bits per heavy atom. The third-order valence-electron chi connectivity index (χ3n) is 9.04. The molecular weight excluding hydrogens is 734 g/mol. The molecular formula is C40H62I2. The van der Waals surface area contributed by atoms with Crippen molar-refractivity contribution in [2.45, 2.75) is 156 Å². The van der Waals surface area contributed by atoms with E-state index in [4.69, 9.17) is 0 Å². The van der Waals surface area contributed by atoms with Crippen LogP contribution in [0.15, 0.2) is 48.5 Å². The first kappa shape index (κ1) is 37.8. The minimum Gasteiger partial charge on any atom is -0.0654 e. The van der Waals surface area contributed by atoms with E-state index < -0.39 is 0 Å². The maximum Gasteiger partial charge on any atom is 0.0130 e. The van der Waals surface area contributed by atoms with Crippen LogP contribution < -0.4 is 0 Å². The van der Waals surface area contributed by atoms with Crippen molar-refractivity contribution in [3.8, 4) is 0 Å². The monoisotopic (exact) mass is 796 g/mol. The molecule has 0 bridgehead atoms. The summed E-state index contributed by atoms with van der Waals surface area (Å²) in [6, 6.07) is 19.2. The van der Waals surface area contributed by atoms with Crippen LogP contribution in [0.4, 0.5) is 0 Å². The molecule has 0 radical (unpaired) electrons. The van der Waals surface area contributed by atoms with Gasteiger partial charge in [-0.3, -0.25) is 0 Å². The van der Waals surface area contributed by atoms with Gasteiger partial charge in [-0.1, -0.05) is 155 Å². The maximum absolute atomic E-state index is 2.48. The zero-order valence-electron chi connectivity index (χ0n) is 27.7. The zero-order chi connectivity index (χ0) is 30.4. The Balaban J connectivity index is 2.72. The van der Waals surface area contributed by atoms with Crippen molar-refractivity contribution in [2.75, 3.05) is 0 Å². The van der Waals surface area contributed by atoms with Crippen LogP contribution in [0, 0.1) is 19.0 Å². The van der Waals surface area contributed by atoms with Gasteiger partial charge < -0.3 is 0 Å². The lowest BCUT2D eigenvalue weighted by atomic mass is 9.74. The molecule has 236 valence electrons. The average Bonchev–Trinajstić information content (AvgIpc) is 3.00. The van der Waals surface area contributed by atoms with Crippen LogP contribution in [0.3, 0.4) is 0 Å². The summed E-state index contributed by atoms with van der Waals surface area (Å²) < 4.78 is 2.68. The standard InChI is InChI=1S/C40H62I2/c1-5-9-13-17-21-33(22-18-14-10-6-2)39(35-25-29-37(41)30-26-35)40(36-27-31-38(42)32-28-36)34(23-19-15-11-7-3)24-20-16-12-8-4/h25-34H,5-24H2,1-4H3/b40-39+. The summed E-state index contributed by atoms with van der Waals surface area (Å²) in [5.41, 5.74) is 6.40. The summed E-state index contributed by atoms with van der Waals surface area (Å²) >= 11 is 4.96. The van der Waals surface area contributed by atoms with Crippen LogP contribution in [-0.2, 0) is 0 Å². The van der Waals surface area contributed by atoms with Gasteiger partial charge in [0.1, 0.15) is 0 Å². The molecule has 0 saturated heterocycles. The van der Waals surface area contributed by atoms with Gasteiger partial charge in [0.05, 0.1) is 0 Å². The Hall–Kier alpha value is -0.360. The second-order valence-corrected chi connectivity index (χ2v) is 15.1. The summed E-state index contributed by atoms with van der Waals surface area (Å²) in [7, 11) is 0. The molecule has 0 spiro atoms. The number of halogens is 2. The molecule has 0 atom stereocenters. The SMILES string of the molecule is CCCCCCC(CCCCCC)/C(=C(\c1ccc(I)cc1)C(CCCCCC)CCCCCC)c1ccc(I)cc1. The van der Waals surface area contributed by atoms with E-state index >= 15 is 0 Å². The van der Waals surface area contributed by atoms with Gasteiger partial charge in [0.25, 0.3) is 0 Å². The second kappa shape index (κ2) is 23.9. The van der Waals surface area contributed by atoms with E-state index in [0.29, 0.717) is 11.8 Å². The smallest absolute Gasteiger partial charge is 0.0130 e. The van der Waals surface area contributed by atoms with Gasteiger partial charge in [-0.2, -0.15) is 0 Å². The zero-order valence-corrected chi connectivity index (χ0v) is 32.0. The lowest BCUT2D eigenvalue weighted by Gasteiger charge is -2.31. The molecule has 0 aliphatic carbocycles. The quantitative estimate of drug-likeness (QED) is 0.0564. The largest absolute Gasteiger partial charge is 0.0654 e. The van der Waals surface area contributed by atoms with Crippen molar-refractivity contribution in [1.29, 1.82) is 0 Å². The first-order chi connectivity index (χ1) is 20.5. The Kier molecular flexibility index (Phi) is 21.6. The van der Waals surface area contributed by atoms with Crippen molar-refractivity contribution in [2.24, 2.45) is 11.8 Å². The molecule has 2 aromatic carbocycles. The third kappa shape index (κ3) is 14.6. The molecule has 0 unspecified atom stereocenters. The highest BCUT2D eigenvalue weighted by Gasteiger charge is 2.26. The molecule has 0 aliphatic heterocycles. The number of hydrogen-bond acceptors (Lipinski definition) is 0. The summed E-state index contributed by atoms with van der Waals surface area (Å²) in [6.45, 7) is 9.37. The van der Waals surface area contributed by atoms with Gasteiger partial charge in [0.2, 0.25) is 0 Å². The van der Waals surface area contributed by atoms with Crippen LogP contribution >= 0.6 is 45.2 Å². The number of allylic oxidation sites excluding steroid dienone is 2. The molecule has 0 amide bonds. The Bertz CT molecular complexity index is 853. The highest BCUT2D eigenvalue weighted by molar-refractivity contribution is 14.1. The molecule has 0 nitrogen and oxygen atoms in total.